The fourth-order valence-electron chi connectivity index (χ4n) is 3.86. The lowest BCUT2D eigenvalue weighted by atomic mass is 9.98. The van der Waals surface area contributed by atoms with Gasteiger partial charge in [-0.25, -0.2) is 23.4 Å². The number of piperazine rings is 1. The van der Waals surface area contributed by atoms with Crippen LogP contribution in [0.1, 0.15) is 12.8 Å². The van der Waals surface area contributed by atoms with Gasteiger partial charge >= 0.3 is 0 Å². The third-order valence-corrected chi connectivity index (χ3v) is 7.20. The number of sulfonamides is 1. The van der Waals surface area contributed by atoms with Gasteiger partial charge in [0.05, 0.1) is 12.2 Å². The van der Waals surface area contributed by atoms with Crippen LogP contribution in [0.4, 0.5) is 5.95 Å². The number of aromatic nitrogens is 4. The van der Waals surface area contributed by atoms with Crippen molar-refractivity contribution >= 4 is 21.9 Å². The number of hydrogen-bond donors (Lipinski definition) is 0. The van der Waals surface area contributed by atoms with Crippen molar-refractivity contribution in [1.82, 2.24) is 28.7 Å². The summed E-state index contributed by atoms with van der Waals surface area (Å²) in [5.74, 6) is 0.381. The molecule has 0 aliphatic carbocycles. The van der Waals surface area contributed by atoms with E-state index in [-0.39, 0.29) is 23.4 Å². The quantitative estimate of drug-likeness (QED) is 0.685. The molecule has 29 heavy (non-hydrogen) atoms. The van der Waals surface area contributed by atoms with E-state index in [0.29, 0.717) is 51.5 Å². The summed E-state index contributed by atoms with van der Waals surface area (Å²) < 4.78 is 28.7. The molecular formula is C18H25N7O3S. The van der Waals surface area contributed by atoms with Gasteiger partial charge in [0.2, 0.25) is 11.9 Å². The van der Waals surface area contributed by atoms with Gasteiger partial charge in [0.25, 0.3) is 10.0 Å². The van der Waals surface area contributed by atoms with Crippen molar-refractivity contribution in [1.29, 1.82) is 0 Å². The number of carbonyl (C=O) groups is 1. The average molecular weight is 420 g/mol. The molecule has 0 unspecified atom stereocenters. The summed E-state index contributed by atoms with van der Waals surface area (Å²) in [6.07, 6.45) is 7.74. The maximum absolute atomic E-state index is 13.0. The van der Waals surface area contributed by atoms with Gasteiger partial charge in [-0.1, -0.05) is 0 Å². The lowest BCUT2D eigenvalue weighted by Gasteiger charge is -2.38. The van der Waals surface area contributed by atoms with Gasteiger partial charge in [-0.3, -0.25) is 4.79 Å². The molecule has 2 aromatic rings. The smallest absolute Gasteiger partial charge is 0.262 e. The molecule has 0 N–H and O–H groups in total. The molecule has 0 saturated carbocycles. The van der Waals surface area contributed by atoms with Crippen LogP contribution < -0.4 is 4.90 Å². The third-order valence-electron chi connectivity index (χ3n) is 5.45. The average Bonchev–Trinajstić information content (AvgIpc) is 3.21. The summed E-state index contributed by atoms with van der Waals surface area (Å²) in [6, 6.07) is 1.77. The van der Waals surface area contributed by atoms with Crippen LogP contribution in [0.25, 0.3) is 0 Å². The van der Waals surface area contributed by atoms with E-state index in [9.17, 15) is 13.2 Å². The summed E-state index contributed by atoms with van der Waals surface area (Å²) in [5.41, 5.74) is 0. The minimum absolute atomic E-state index is 0.0274. The van der Waals surface area contributed by atoms with Crippen LogP contribution in [0, 0.1) is 5.92 Å². The van der Waals surface area contributed by atoms with E-state index in [1.165, 1.54) is 16.8 Å². The van der Waals surface area contributed by atoms with Crippen molar-refractivity contribution < 1.29 is 13.2 Å². The topological polar surface area (TPSA) is 105 Å². The first-order valence-electron chi connectivity index (χ1n) is 9.74. The van der Waals surface area contributed by atoms with Gasteiger partial charge in [-0.05, 0) is 18.9 Å². The summed E-state index contributed by atoms with van der Waals surface area (Å²) in [7, 11) is -1.95. The zero-order valence-corrected chi connectivity index (χ0v) is 17.2. The molecule has 1 amide bonds. The second-order valence-corrected chi connectivity index (χ2v) is 9.33. The second kappa shape index (κ2) is 8.07. The van der Waals surface area contributed by atoms with Crippen LogP contribution in [0.3, 0.4) is 0 Å². The van der Waals surface area contributed by atoms with E-state index >= 15 is 0 Å². The van der Waals surface area contributed by atoms with Gasteiger partial charge in [-0.2, -0.15) is 4.31 Å². The van der Waals surface area contributed by atoms with Crippen molar-refractivity contribution in [2.75, 3.05) is 44.2 Å². The Kier molecular flexibility index (Phi) is 5.50. The number of anilines is 1. The minimum atomic E-state index is -3.68. The minimum Gasteiger partial charge on any atom is -0.339 e. The van der Waals surface area contributed by atoms with Crippen molar-refractivity contribution in [2.45, 2.75) is 17.9 Å². The highest BCUT2D eigenvalue weighted by atomic mass is 32.2. The van der Waals surface area contributed by atoms with E-state index in [1.807, 2.05) is 4.90 Å². The van der Waals surface area contributed by atoms with E-state index in [4.69, 9.17) is 0 Å². The Morgan fingerprint density at radius 3 is 2.45 bits per heavy atom. The van der Waals surface area contributed by atoms with Crippen molar-refractivity contribution in [2.24, 2.45) is 13.0 Å². The highest BCUT2D eigenvalue weighted by Gasteiger charge is 2.36. The Morgan fingerprint density at radius 2 is 1.79 bits per heavy atom. The van der Waals surface area contributed by atoms with Crippen LogP contribution in [0.15, 0.2) is 36.0 Å². The van der Waals surface area contributed by atoms with Gasteiger partial charge in [0.15, 0.2) is 5.03 Å². The summed E-state index contributed by atoms with van der Waals surface area (Å²) in [6.45, 7) is 3.12. The van der Waals surface area contributed by atoms with Crippen LogP contribution in [0.5, 0.6) is 0 Å². The SMILES string of the molecule is Cn1cnc(S(=O)(=O)N2CCC[C@@H](C(=O)N3CCN(c4ncccn4)CC3)C2)c1. The maximum Gasteiger partial charge on any atom is 0.262 e. The standard InChI is InChI=1S/C18H25N7O3S/c1-22-13-16(21-14-22)29(27,28)25-7-2-4-15(12-25)17(26)23-8-10-24(11-9-23)18-19-5-3-6-20-18/h3,5-6,13-15H,2,4,7-12H2,1H3/t15-/m1/s1. The highest BCUT2D eigenvalue weighted by molar-refractivity contribution is 7.89. The predicted octanol–water partition coefficient (Wildman–Crippen LogP) is -0.0404. The van der Waals surface area contributed by atoms with Crippen LogP contribution in [0.2, 0.25) is 0 Å². The Bertz CT molecular complexity index is 955. The van der Waals surface area contributed by atoms with Gasteiger partial charge in [0.1, 0.15) is 0 Å². The number of aryl methyl sites for hydroxylation is 1. The highest BCUT2D eigenvalue weighted by Crippen LogP contribution is 2.25. The van der Waals surface area contributed by atoms with Crippen molar-refractivity contribution in [3.63, 3.8) is 0 Å². The Labute approximate surface area is 170 Å². The van der Waals surface area contributed by atoms with Crippen molar-refractivity contribution in [3.8, 4) is 0 Å². The molecule has 2 fully saturated rings. The third kappa shape index (κ3) is 4.10. The van der Waals surface area contributed by atoms with Gasteiger partial charge in [0, 0.05) is 64.9 Å². The molecule has 156 valence electrons. The molecule has 0 aromatic carbocycles. The van der Waals surface area contributed by atoms with E-state index < -0.39 is 10.0 Å². The fourth-order valence-corrected chi connectivity index (χ4v) is 5.35. The molecular weight excluding hydrogens is 394 g/mol. The van der Waals surface area contributed by atoms with Crippen LogP contribution in [-0.4, -0.2) is 82.3 Å². The number of imidazole rings is 1. The molecule has 2 aliphatic rings. The molecule has 4 rings (SSSR count). The number of rotatable bonds is 4. The fraction of sp³-hybridized carbons (Fsp3) is 0.556. The predicted molar refractivity (Wildman–Crippen MR) is 106 cm³/mol. The molecule has 2 aliphatic heterocycles. The lowest BCUT2D eigenvalue weighted by molar-refractivity contribution is -0.137. The normalized spacial score (nSPS) is 21.3. The van der Waals surface area contributed by atoms with E-state index in [2.05, 4.69) is 19.9 Å². The molecule has 10 nitrogen and oxygen atoms in total. The Hall–Kier alpha value is -2.53. The van der Waals surface area contributed by atoms with Crippen LogP contribution in [-0.2, 0) is 21.9 Å². The van der Waals surface area contributed by atoms with Gasteiger partial charge in [-0.15, -0.1) is 0 Å². The molecule has 1 atom stereocenters. The summed E-state index contributed by atoms with van der Waals surface area (Å²) >= 11 is 0. The zero-order chi connectivity index (χ0) is 20.4. The monoisotopic (exact) mass is 419 g/mol. The Morgan fingerprint density at radius 1 is 1.07 bits per heavy atom. The maximum atomic E-state index is 13.0. The molecule has 2 aromatic heterocycles. The molecule has 11 heteroatoms. The summed E-state index contributed by atoms with van der Waals surface area (Å²) in [5, 5.41) is 0.0320. The first kappa shape index (κ1) is 19.8. The second-order valence-electron chi connectivity index (χ2n) is 7.44. The molecule has 0 radical (unpaired) electrons. The first-order chi connectivity index (χ1) is 13.9. The van der Waals surface area contributed by atoms with E-state index in [1.54, 1.807) is 30.1 Å². The van der Waals surface area contributed by atoms with Crippen molar-refractivity contribution in [3.05, 3.63) is 31.0 Å². The largest absolute Gasteiger partial charge is 0.339 e. The molecule has 0 bridgehead atoms. The number of nitrogens with zero attached hydrogens (tertiary/aromatic N) is 7. The zero-order valence-electron chi connectivity index (χ0n) is 16.4. The summed E-state index contributed by atoms with van der Waals surface area (Å²) in [4.78, 5) is 29.4. The van der Waals surface area contributed by atoms with Gasteiger partial charge < -0.3 is 14.4 Å². The number of piperidine rings is 1. The molecule has 0 spiro atoms. The van der Waals surface area contributed by atoms with E-state index in [0.717, 1.165) is 0 Å². The lowest BCUT2D eigenvalue weighted by Crippen LogP contribution is -2.53. The molecule has 4 heterocycles. The first-order valence-corrected chi connectivity index (χ1v) is 11.2. The number of hydrogen-bond acceptors (Lipinski definition) is 7. The van der Waals surface area contributed by atoms with Crippen LogP contribution >= 0.6 is 0 Å². The Balaban J connectivity index is 1.38. The number of amides is 1. The molecule has 2 saturated heterocycles. The number of carbonyl (C=O) groups excluding carboxylic acids is 1.